The number of nitrogens with zero attached hydrogens (tertiary/aromatic N) is 3. The first kappa shape index (κ1) is 14.6. The average molecular weight is 292 g/mol. The van der Waals surface area contributed by atoms with E-state index in [9.17, 15) is 14.5 Å². The van der Waals surface area contributed by atoms with Crippen LogP contribution in [0.4, 0.5) is 15.9 Å². The van der Waals surface area contributed by atoms with Crippen molar-refractivity contribution in [1.82, 2.24) is 9.97 Å². The van der Waals surface area contributed by atoms with Crippen LogP contribution >= 0.6 is 0 Å². The summed E-state index contributed by atoms with van der Waals surface area (Å²) in [6.45, 7) is 1.91. The maximum atomic E-state index is 13.6. The van der Waals surface area contributed by atoms with E-state index in [0.717, 1.165) is 17.7 Å². The molecule has 7 nitrogen and oxygen atoms in total. The van der Waals surface area contributed by atoms with Crippen molar-refractivity contribution in [2.45, 2.75) is 13.3 Å². The molecule has 0 atom stereocenters. The van der Waals surface area contributed by atoms with Gasteiger partial charge in [-0.3, -0.25) is 10.1 Å². The van der Waals surface area contributed by atoms with Crippen molar-refractivity contribution in [1.29, 1.82) is 0 Å². The van der Waals surface area contributed by atoms with Crippen LogP contribution in [0.25, 0.3) is 0 Å². The Balaban J connectivity index is 2.34. The Morgan fingerprint density at radius 2 is 2.19 bits per heavy atom. The number of rotatable bonds is 5. The lowest BCUT2D eigenvalue weighted by Crippen LogP contribution is -2.02. The lowest BCUT2D eigenvalue weighted by Gasteiger charge is -2.11. The number of aromatic nitrogens is 2. The van der Waals surface area contributed by atoms with E-state index in [1.54, 1.807) is 7.05 Å². The molecule has 0 unspecified atom stereocenters. The van der Waals surface area contributed by atoms with Gasteiger partial charge in [-0.05, 0) is 12.5 Å². The summed E-state index contributed by atoms with van der Waals surface area (Å²) in [6.07, 6.45) is 1.93. The molecule has 21 heavy (non-hydrogen) atoms. The van der Waals surface area contributed by atoms with Crippen molar-refractivity contribution >= 4 is 11.5 Å². The molecule has 0 saturated heterocycles. The summed E-state index contributed by atoms with van der Waals surface area (Å²) in [5, 5.41) is 13.5. The summed E-state index contributed by atoms with van der Waals surface area (Å²) < 4.78 is 19.1. The van der Waals surface area contributed by atoms with Gasteiger partial charge in [-0.15, -0.1) is 0 Å². The zero-order chi connectivity index (χ0) is 15.4. The highest BCUT2D eigenvalue weighted by Crippen LogP contribution is 2.29. The van der Waals surface area contributed by atoms with Gasteiger partial charge < -0.3 is 10.1 Å². The number of nitro groups is 1. The van der Waals surface area contributed by atoms with Gasteiger partial charge in [0.15, 0.2) is 0 Å². The van der Waals surface area contributed by atoms with E-state index in [1.165, 1.54) is 12.4 Å². The molecule has 0 bridgehead atoms. The summed E-state index contributed by atoms with van der Waals surface area (Å²) >= 11 is 0. The van der Waals surface area contributed by atoms with Crippen molar-refractivity contribution < 1.29 is 14.1 Å². The van der Waals surface area contributed by atoms with Crippen LogP contribution in [0.15, 0.2) is 24.5 Å². The van der Waals surface area contributed by atoms with Gasteiger partial charge in [-0.25, -0.2) is 9.97 Å². The molecule has 0 fully saturated rings. The van der Waals surface area contributed by atoms with Gasteiger partial charge in [0.1, 0.15) is 17.9 Å². The standard InChI is InChI=1S/C13H13FN4O3/c1-3-9-12(15-2)16-7-17-13(9)21-8-4-5-11(18(19)20)10(14)6-8/h4-7H,3H2,1-2H3,(H,15,16,17). The monoisotopic (exact) mass is 292 g/mol. The van der Waals surface area contributed by atoms with Gasteiger partial charge in [0.05, 0.1) is 10.5 Å². The van der Waals surface area contributed by atoms with E-state index in [4.69, 9.17) is 4.74 Å². The molecule has 0 aliphatic rings. The normalized spacial score (nSPS) is 10.2. The van der Waals surface area contributed by atoms with Crippen molar-refractivity contribution in [3.8, 4) is 11.6 Å². The Hall–Kier alpha value is -2.77. The molecule has 0 amide bonds. The molecule has 0 aliphatic heterocycles. The number of benzene rings is 1. The number of ether oxygens (including phenoxy) is 1. The third kappa shape index (κ3) is 3.04. The SMILES string of the molecule is CCc1c(NC)ncnc1Oc1ccc([N+](=O)[O-])c(F)c1. The minimum atomic E-state index is -0.960. The topological polar surface area (TPSA) is 90.2 Å². The molecular formula is C13H13FN4O3. The number of halogens is 1. The van der Waals surface area contributed by atoms with E-state index in [0.29, 0.717) is 12.2 Å². The summed E-state index contributed by atoms with van der Waals surface area (Å²) in [6, 6.07) is 3.33. The zero-order valence-corrected chi connectivity index (χ0v) is 11.5. The van der Waals surface area contributed by atoms with Gasteiger partial charge in [0, 0.05) is 19.2 Å². The fourth-order valence-electron chi connectivity index (χ4n) is 1.83. The molecule has 0 aliphatic carbocycles. The molecule has 8 heteroatoms. The van der Waals surface area contributed by atoms with Gasteiger partial charge in [0.25, 0.3) is 0 Å². The highest BCUT2D eigenvalue weighted by molar-refractivity contribution is 5.49. The van der Waals surface area contributed by atoms with Crippen molar-refractivity contribution in [3.05, 3.63) is 46.0 Å². The maximum absolute atomic E-state index is 13.6. The van der Waals surface area contributed by atoms with E-state index in [2.05, 4.69) is 15.3 Å². The summed E-state index contributed by atoms with van der Waals surface area (Å²) in [4.78, 5) is 17.9. The van der Waals surface area contributed by atoms with Crippen LogP contribution in [0.2, 0.25) is 0 Å². The first-order chi connectivity index (χ1) is 10.1. The molecule has 2 rings (SSSR count). The fraction of sp³-hybridized carbons (Fsp3) is 0.231. The van der Waals surface area contributed by atoms with Crippen molar-refractivity contribution in [2.75, 3.05) is 12.4 Å². The molecule has 1 aromatic carbocycles. The second-order valence-corrected chi connectivity index (χ2v) is 4.08. The first-order valence-corrected chi connectivity index (χ1v) is 6.20. The minimum Gasteiger partial charge on any atom is -0.438 e. The second-order valence-electron chi connectivity index (χ2n) is 4.08. The van der Waals surface area contributed by atoms with Crippen LogP contribution < -0.4 is 10.1 Å². The van der Waals surface area contributed by atoms with Gasteiger partial charge in [0.2, 0.25) is 11.7 Å². The van der Waals surface area contributed by atoms with E-state index in [1.807, 2.05) is 6.92 Å². The van der Waals surface area contributed by atoms with Gasteiger partial charge >= 0.3 is 5.69 Å². The summed E-state index contributed by atoms with van der Waals surface area (Å²) in [5.41, 5.74) is 0.135. The highest BCUT2D eigenvalue weighted by Gasteiger charge is 2.16. The smallest absolute Gasteiger partial charge is 0.305 e. The minimum absolute atomic E-state index is 0.133. The van der Waals surface area contributed by atoms with Crippen molar-refractivity contribution in [2.24, 2.45) is 0 Å². The lowest BCUT2D eigenvalue weighted by molar-refractivity contribution is -0.387. The Morgan fingerprint density at radius 3 is 2.76 bits per heavy atom. The number of hydrogen-bond donors (Lipinski definition) is 1. The predicted octanol–water partition coefficient (Wildman–Crippen LogP) is 2.92. The van der Waals surface area contributed by atoms with Crippen LogP contribution in [-0.4, -0.2) is 21.9 Å². The Morgan fingerprint density at radius 1 is 1.43 bits per heavy atom. The Labute approximate surface area is 120 Å². The summed E-state index contributed by atoms with van der Waals surface area (Å²) in [7, 11) is 1.72. The maximum Gasteiger partial charge on any atom is 0.305 e. The first-order valence-electron chi connectivity index (χ1n) is 6.20. The Bertz CT molecular complexity index is 678. The number of nitrogens with one attached hydrogen (secondary N) is 1. The Kier molecular flexibility index (Phi) is 4.27. The van der Waals surface area contributed by atoms with Crippen LogP contribution in [0, 0.1) is 15.9 Å². The van der Waals surface area contributed by atoms with E-state index in [-0.39, 0.29) is 11.6 Å². The van der Waals surface area contributed by atoms with Crippen molar-refractivity contribution in [3.63, 3.8) is 0 Å². The summed E-state index contributed by atoms with van der Waals surface area (Å²) in [5.74, 6) is 0.0713. The van der Waals surface area contributed by atoms with Crippen LogP contribution in [0.1, 0.15) is 12.5 Å². The van der Waals surface area contributed by atoms with Crippen LogP contribution in [0.3, 0.4) is 0 Å². The molecule has 0 radical (unpaired) electrons. The average Bonchev–Trinajstić information content (AvgIpc) is 2.46. The lowest BCUT2D eigenvalue weighted by atomic mass is 10.2. The molecule has 2 aromatic rings. The van der Waals surface area contributed by atoms with Gasteiger partial charge in [-0.2, -0.15) is 4.39 Å². The van der Waals surface area contributed by atoms with Gasteiger partial charge in [-0.1, -0.05) is 6.92 Å². The molecule has 0 saturated carbocycles. The molecule has 0 spiro atoms. The van der Waals surface area contributed by atoms with E-state index >= 15 is 0 Å². The largest absolute Gasteiger partial charge is 0.438 e. The van der Waals surface area contributed by atoms with Crippen LogP contribution in [-0.2, 0) is 6.42 Å². The number of hydrogen-bond acceptors (Lipinski definition) is 6. The predicted molar refractivity (Wildman–Crippen MR) is 74.1 cm³/mol. The molecule has 1 heterocycles. The second kappa shape index (κ2) is 6.12. The molecular weight excluding hydrogens is 279 g/mol. The third-order valence-electron chi connectivity index (χ3n) is 2.83. The quantitative estimate of drug-likeness (QED) is 0.673. The molecule has 1 aromatic heterocycles. The number of nitro benzene ring substituents is 1. The highest BCUT2D eigenvalue weighted by atomic mass is 19.1. The third-order valence-corrected chi connectivity index (χ3v) is 2.83. The van der Waals surface area contributed by atoms with E-state index < -0.39 is 16.4 Å². The fourth-order valence-corrected chi connectivity index (χ4v) is 1.83. The zero-order valence-electron chi connectivity index (χ0n) is 11.5. The molecule has 1 N–H and O–H groups in total. The van der Waals surface area contributed by atoms with Crippen LogP contribution in [0.5, 0.6) is 11.6 Å². The molecule has 110 valence electrons. The number of anilines is 1.